The minimum Gasteiger partial charge on any atom is -0.462 e. The molecular formula is C75H146O17P2. The van der Waals surface area contributed by atoms with Gasteiger partial charge in [0.25, 0.3) is 0 Å². The van der Waals surface area contributed by atoms with E-state index in [1.807, 2.05) is 0 Å². The maximum absolute atomic E-state index is 13.1. The van der Waals surface area contributed by atoms with Gasteiger partial charge in [0.1, 0.15) is 19.3 Å². The largest absolute Gasteiger partial charge is 0.472 e. The summed E-state index contributed by atoms with van der Waals surface area (Å²) in [5.41, 5.74) is 0. The van der Waals surface area contributed by atoms with Gasteiger partial charge in [-0.25, -0.2) is 9.13 Å². The summed E-state index contributed by atoms with van der Waals surface area (Å²) >= 11 is 0. The van der Waals surface area contributed by atoms with Crippen LogP contribution in [0.1, 0.15) is 388 Å². The van der Waals surface area contributed by atoms with Gasteiger partial charge in [-0.2, -0.15) is 0 Å². The number of rotatable bonds is 74. The van der Waals surface area contributed by atoms with Crippen LogP contribution in [0.2, 0.25) is 0 Å². The van der Waals surface area contributed by atoms with Crippen LogP contribution in [0.3, 0.4) is 0 Å². The Hall–Kier alpha value is -1.94. The molecule has 0 aliphatic rings. The van der Waals surface area contributed by atoms with Crippen molar-refractivity contribution in [2.24, 2.45) is 11.8 Å². The number of hydrogen-bond donors (Lipinski definition) is 3. The summed E-state index contributed by atoms with van der Waals surface area (Å²) < 4.78 is 68.4. The van der Waals surface area contributed by atoms with Crippen molar-refractivity contribution in [3.63, 3.8) is 0 Å². The van der Waals surface area contributed by atoms with Crippen LogP contribution >= 0.6 is 15.6 Å². The molecule has 0 bridgehead atoms. The molecule has 0 amide bonds. The smallest absolute Gasteiger partial charge is 0.462 e. The SMILES string of the molecule is CCCCCCCCCCCCCCCCCCCCCCCC(=O)O[C@H](COC(=O)CCCCCCCCCCCCCC)COP(=O)(O)OC[C@@H](O)COP(=O)(O)OC[C@@H](COC(=O)CCCCCCCCCC(C)C)OC(=O)CCCCCCCCCCC(C)C. The van der Waals surface area contributed by atoms with Crippen molar-refractivity contribution < 1.29 is 80.2 Å². The Morgan fingerprint density at radius 2 is 0.489 bits per heavy atom. The van der Waals surface area contributed by atoms with Gasteiger partial charge in [0.05, 0.1) is 26.4 Å². The van der Waals surface area contributed by atoms with Crippen molar-refractivity contribution in [2.75, 3.05) is 39.6 Å². The van der Waals surface area contributed by atoms with Crippen LogP contribution in [0.4, 0.5) is 0 Å². The first-order valence-corrected chi connectivity index (χ1v) is 42.0. The van der Waals surface area contributed by atoms with E-state index in [4.69, 9.17) is 37.0 Å². The Balaban J connectivity index is 5.18. The zero-order valence-corrected chi connectivity index (χ0v) is 63.1. The summed E-state index contributed by atoms with van der Waals surface area (Å²) in [5, 5.41) is 10.6. The van der Waals surface area contributed by atoms with E-state index < -0.39 is 97.5 Å². The van der Waals surface area contributed by atoms with Gasteiger partial charge in [0, 0.05) is 25.7 Å². The van der Waals surface area contributed by atoms with E-state index in [0.29, 0.717) is 31.6 Å². The molecule has 0 aliphatic carbocycles. The third kappa shape index (κ3) is 68.6. The summed E-state index contributed by atoms with van der Waals surface area (Å²) in [4.78, 5) is 72.7. The number of carbonyl (C=O) groups is 4. The highest BCUT2D eigenvalue weighted by atomic mass is 31.2. The lowest BCUT2D eigenvalue weighted by Gasteiger charge is -2.21. The molecule has 0 aromatic heterocycles. The average Bonchev–Trinajstić information content (AvgIpc) is 1.31. The Kier molecular flexibility index (Phi) is 65.5. The maximum atomic E-state index is 13.1. The summed E-state index contributed by atoms with van der Waals surface area (Å²) in [6.07, 6.45) is 54.4. The van der Waals surface area contributed by atoms with E-state index >= 15 is 0 Å². The van der Waals surface area contributed by atoms with Crippen molar-refractivity contribution >= 4 is 39.5 Å². The molecule has 0 fully saturated rings. The van der Waals surface area contributed by atoms with E-state index in [-0.39, 0.29) is 25.7 Å². The van der Waals surface area contributed by atoms with E-state index in [9.17, 15) is 43.2 Å². The molecule has 558 valence electrons. The summed E-state index contributed by atoms with van der Waals surface area (Å²) in [7, 11) is -9.91. The second-order valence-corrected chi connectivity index (χ2v) is 30.9. The fourth-order valence-corrected chi connectivity index (χ4v) is 13.1. The first-order chi connectivity index (χ1) is 45.4. The Bertz CT molecular complexity index is 1820. The zero-order valence-electron chi connectivity index (χ0n) is 61.3. The second-order valence-electron chi connectivity index (χ2n) is 28.0. The van der Waals surface area contributed by atoms with Crippen molar-refractivity contribution in [3.05, 3.63) is 0 Å². The highest BCUT2D eigenvalue weighted by molar-refractivity contribution is 7.47. The van der Waals surface area contributed by atoms with Gasteiger partial charge >= 0.3 is 39.5 Å². The van der Waals surface area contributed by atoms with Crippen molar-refractivity contribution in [3.8, 4) is 0 Å². The number of esters is 4. The Labute approximate surface area is 575 Å². The summed E-state index contributed by atoms with van der Waals surface area (Å²) in [6.45, 7) is 9.48. The first-order valence-electron chi connectivity index (χ1n) is 39.0. The van der Waals surface area contributed by atoms with Crippen molar-refractivity contribution in [1.82, 2.24) is 0 Å². The first kappa shape index (κ1) is 92.1. The number of phosphoric acid groups is 2. The normalized spacial score (nSPS) is 14.0. The quantitative estimate of drug-likeness (QED) is 0.0222. The molecule has 5 atom stereocenters. The monoisotopic (exact) mass is 1380 g/mol. The fraction of sp³-hybridized carbons (Fsp3) is 0.947. The molecule has 0 aromatic rings. The third-order valence-electron chi connectivity index (χ3n) is 17.5. The minimum absolute atomic E-state index is 0.104. The maximum Gasteiger partial charge on any atom is 0.472 e. The van der Waals surface area contributed by atoms with Crippen molar-refractivity contribution in [2.45, 2.75) is 407 Å². The molecule has 0 saturated carbocycles. The summed E-state index contributed by atoms with van der Waals surface area (Å²) in [6, 6.07) is 0. The van der Waals surface area contributed by atoms with Crippen LogP contribution < -0.4 is 0 Å². The van der Waals surface area contributed by atoms with Gasteiger partial charge in [-0.3, -0.25) is 37.3 Å². The van der Waals surface area contributed by atoms with Gasteiger partial charge in [-0.05, 0) is 37.5 Å². The summed E-state index contributed by atoms with van der Waals surface area (Å²) in [5.74, 6) is -0.698. The van der Waals surface area contributed by atoms with E-state index in [2.05, 4.69) is 41.5 Å². The Morgan fingerprint density at radius 1 is 0.287 bits per heavy atom. The molecule has 0 aromatic carbocycles. The lowest BCUT2D eigenvalue weighted by Crippen LogP contribution is -2.30. The van der Waals surface area contributed by atoms with Gasteiger partial charge in [0.15, 0.2) is 12.2 Å². The van der Waals surface area contributed by atoms with Gasteiger partial charge < -0.3 is 33.8 Å². The molecule has 94 heavy (non-hydrogen) atoms. The molecule has 19 heteroatoms. The molecule has 17 nitrogen and oxygen atoms in total. The van der Waals surface area contributed by atoms with Gasteiger partial charge in [-0.15, -0.1) is 0 Å². The number of carbonyl (C=O) groups excluding carboxylic acids is 4. The predicted molar refractivity (Wildman–Crippen MR) is 381 cm³/mol. The lowest BCUT2D eigenvalue weighted by molar-refractivity contribution is -0.161. The van der Waals surface area contributed by atoms with Crippen LogP contribution in [0.5, 0.6) is 0 Å². The van der Waals surface area contributed by atoms with Crippen LogP contribution in [0.25, 0.3) is 0 Å². The average molecular weight is 1380 g/mol. The van der Waals surface area contributed by atoms with Crippen LogP contribution in [0, 0.1) is 11.8 Å². The van der Waals surface area contributed by atoms with Crippen LogP contribution in [-0.4, -0.2) is 96.7 Å². The number of unbranched alkanes of at least 4 members (excludes halogenated alkanes) is 44. The number of aliphatic hydroxyl groups is 1. The van der Waals surface area contributed by atoms with Crippen LogP contribution in [-0.2, 0) is 65.4 Å². The minimum atomic E-state index is -4.96. The molecule has 0 rings (SSSR count). The second kappa shape index (κ2) is 66.9. The van der Waals surface area contributed by atoms with Gasteiger partial charge in [-0.1, -0.05) is 337 Å². The highest BCUT2D eigenvalue weighted by Crippen LogP contribution is 2.45. The van der Waals surface area contributed by atoms with Gasteiger partial charge in [0.2, 0.25) is 0 Å². The van der Waals surface area contributed by atoms with E-state index in [1.165, 1.54) is 199 Å². The molecule has 2 unspecified atom stereocenters. The lowest BCUT2D eigenvalue weighted by atomic mass is 10.0. The number of ether oxygens (including phenoxy) is 4. The highest BCUT2D eigenvalue weighted by Gasteiger charge is 2.30. The number of hydrogen-bond acceptors (Lipinski definition) is 15. The molecular weight excluding hydrogens is 1230 g/mol. The predicted octanol–water partition coefficient (Wildman–Crippen LogP) is 21.9. The van der Waals surface area contributed by atoms with E-state index in [1.54, 1.807) is 0 Å². The molecule has 0 radical (unpaired) electrons. The molecule has 0 aliphatic heterocycles. The molecule has 0 heterocycles. The fourth-order valence-electron chi connectivity index (χ4n) is 11.5. The Morgan fingerprint density at radius 3 is 0.723 bits per heavy atom. The third-order valence-corrected chi connectivity index (χ3v) is 19.4. The number of phosphoric ester groups is 2. The molecule has 0 spiro atoms. The molecule has 0 saturated heterocycles. The molecule has 3 N–H and O–H groups in total. The van der Waals surface area contributed by atoms with Crippen molar-refractivity contribution in [1.29, 1.82) is 0 Å². The number of aliphatic hydroxyl groups excluding tert-OH is 1. The standard InChI is InChI=1S/C75H146O17P2/c1-7-9-11-13-15-17-19-21-22-23-24-25-26-27-28-29-31-33-40-47-53-59-74(79)91-70(63-85-72(77)57-51-45-39-32-30-20-18-16-14-12-10-8-2)65-89-93(81,82)87-61-69(76)62-88-94(83,84)90-66-71(64-86-73(78)58-52-46-42-36-38-44-50-56-68(5)6)92-75(80)60-54-48-41-35-34-37-43-49-55-67(3)4/h67-71,76H,7-66H2,1-6H3,(H,81,82)(H,83,84)/t69-,70-,71-/m1/s1. The topological polar surface area (TPSA) is 237 Å². The van der Waals surface area contributed by atoms with E-state index in [0.717, 1.165) is 102 Å². The zero-order chi connectivity index (χ0) is 69.3. The van der Waals surface area contributed by atoms with Crippen LogP contribution in [0.15, 0.2) is 0 Å².